The summed E-state index contributed by atoms with van der Waals surface area (Å²) in [6, 6.07) is 12.5. The fourth-order valence-corrected chi connectivity index (χ4v) is 2.66. The van der Waals surface area contributed by atoms with E-state index in [-0.39, 0.29) is 0 Å². The van der Waals surface area contributed by atoms with Crippen LogP contribution in [-0.4, -0.2) is 47.7 Å². The molecule has 0 saturated heterocycles. The Morgan fingerprint density at radius 3 is 2.55 bits per heavy atom. The minimum Gasteiger partial charge on any atom is -0.492 e. The van der Waals surface area contributed by atoms with E-state index in [0.29, 0.717) is 37.3 Å². The maximum absolute atomic E-state index is 10.7. The van der Waals surface area contributed by atoms with Crippen molar-refractivity contribution in [2.45, 2.75) is 6.92 Å². The number of urea groups is 1. The number of pyridine rings is 1. The van der Waals surface area contributed by atoms with Crippen LogP contribution in [0.1, 0.15) is 6.92 Å². The van der Waals surface area contributed by atoms with Gasteiger partial charge in [0.15, 0.2) is 0 Å². The van der Waals surface area contributed by atoms with Gasteiger partial charge in [-0.3, -0.25) is 0 Å². The Labute approximate surface area is 168 Å². The molecule has 3 aromatic rings. The lowest BCUT2D eigenvalue weighted by atomic mass is 10.1. The summed E-state index contributed by atoms with van der Waals surface area (Å²) in [4.78, 5) is 14.9. The quantitative estimate of drug-likeness (QED) is 0.536. The number of amides is 2. The third-order valence-corrected chi connectivity index (χ3v) is 3.97. The molecule has 0 aliphatic heterocycles. The first-order valence-electron chi connectivity index (χ1n) is 9.10. The van der Waals surface area contributed by atoms with Crippen molar-refractivity contribution < 1.29 is 19.0 Å². The highest BCUT2D eigenvalue weighted by atomic mass is 16.5. The van der Waals surface area contributed by atoms with Gasteiger partial charge in [0, 0.05) is 17.7 Å². The fraction of sp³-hybridized carbons (Fsp3) is 0.250. The zero-order chi connectivity index (χ0) is 20.6. The van der Waals surface area contributed by atoms with Gasteiger partial charge in [0.05, 0.1) is 37.8 Å². The fourth-order valence-electron chi connectivity index (χ4n) is 2.66. The zero-order valence-electron chi connectivity index (χ0n) is 16.3. The van der Waals surface area contributed by atoms with E-state index in [9.17, 15) is 4.79 Å². The molecule has 0 unspecified atom stereocenters. The molecular formula is C20H23N5O4. The van der Waals surface area contributed by atoms with Crippen LogP contribution in [0, 0.1) is 0 Å². The van der Waals surface area contributed by atoms with Crippen LogP contribution in [0.5, 0.6) is 17.5 Å². The Kier molecular flexibility index (Phi) is 6.51. The molecule has 3 N–H and O–H groups in total. The van der Waals surface area contributed by atoms with Gasteiger partial charge in [-0.25, -0.2) is 14.5 Å². The van der Waals surface area contributed by atoms with E-state index in [1.54, 1.807) is 24.1 Å². The highest BCUT2D eigenvalue weighted by molar-refractivity contribution is 5.71. The molecule has 0 aliphatic carbocycles. The van der Waals surface area contributed by atoms with Gasteiger partial charge >= 0.3 is 6.03 Å². The molecule has 0 bridgehead atoms. The molecule has 152 valence electrons. The normalized spacial score (nSPS) is 10.4. The number of carbonyl (C=O) groups is 1. The Balaban J connectivity index is 1.82. The number of nitrogens with two attached hydrogens (primary N) is 1. The van der Waals surface area contributed by atoms with Crippen LogP contribution in [-0.2, 0) is 0 Å². The summed E-state index contributed by atoms with van der Waals surface area (Å²) in [5.74, 6) is 1.73. The van der Waals surface area contributed by atoms with E-state index < -0.39 is 6.03 Å². The maximum atomic E-state index is 10.7. The van der Waals surface area contributed by atoms with Gasteiger partial charge in [0.1, 0.15) is 12.4 Å². The summed E-state index contributed by atoms with van der Waals surface area (Å²) in [7, 11) is 1.57. The summed E-state index contributed by atoms with van der Waals surface area (Å²) in [5.41, 5.74) is 7.59. The molecule has 0 aliphatic rings. The van der Waals surface area contributed by atoms with Crippen LogP contribution < -0.4 is 25.3 Å². The van der Waals surface area contributed by atoms with Gasteiger partial charge in [-0.2, -0.15) is 0 Å². The summed E-state index contributed by atoms with van der Waals surface area (Å²) in [6.45, 7) is 3.09. The number of primary amides is 1. The summed E-state index contributed by atoms with van der Waals surface area (Å²) < 4.78 is 18.1. The smallest absolute Gasteiger partial charge is 0.312 e. The molecule has 9 heteroatoms. The van der Waals surface area contributed by atoms with E-state index >= 15 is 0 Å². The molecule has 0 saturated carbocycles. The zero-order valence-corrected chi connectivity index (χ0v) is 16.3. The predicted octanol–water partition coefficient (Wildman–Crippen LogP) is 2.39. The number of rotatable bonds is 9. The first kappa shape index (κ1) is 20.0. The van der Waals surface area contributed by atoms with Crippen molar-refractivity contribution in [3.63, 3.8) is 0 Å². The number of benzene rings is 1. The van der Waals surface area contributed by atoms with Crippen LogP contribution in [0.4, 0.5) is 4.79 Å². The van der Waals surface area contributed by atoms with Crippen LogP contribution >= 0.6 is 0 Å². The number of nitrogens with zero attached hydrogens (tertiary/aromatic N) is 3. The highest BCUT2D eigenvalue weighted by Gasteiger charge is 2.13. The molecule has 2 heterocycles. The molecule has 2 aromatic heterocycles. The van der Waals surface area contributed by atoms with Gasteiger partial charge in [-0.1, -0.05) is 0 Å². The molecule has 0 radical (unpaired) electrons. The van der Waals surface area contributed by atoms with Gasteiger partial charge in [0.25, 0.3) is 0 Å². The topological polar surface area (TPSA) is 114 Å². The largest absolute Gasteiger partial charge is 0.492 e. The predicted molar refractivity (Wildman–Crippen MR) is 108 cm³/mol. The molecule has 0 atom stereocenters. The van der Waals surface area contributed by atoms with Crippen LogP contribution in [0.2, 0.25) is 0 Å². The second-order valence-electron chi connectivity index (χ2n) is 5.94. The lowest BCUT2D eigenvalue weighted by Crippen LogP contribution is -2.32. The minimum atomic E-state index is -0.574. The van der Waals surface area contributed by atoms with Gasteiger partial charge < -0.3 is 25.3 Å². The van der Waals surface area contributed by atoms with E-state index in [4.69, 9.17) is 19.9 Å². The standard InChI is InChI=1S/C20H23N5O4/c1-3-28-19-12-17(25(24-19)15-6-9-18(27-2)23-13-15)14-4-7-16(8-5-14)29-11-10-22-20(21)26/h4-9,12-13H,3,10-11H2,1-2H3,(H3,21,22,26). The third-order valence-electron chi connectivity index (χ3n) is 3.97. The molecular weight excluding hydrogens is 374 g/mol. The van der Waals surface area contributed by atoms with Crippen molar-refractivity contribution >= 4 is 6.03 Å². The summed E-state index contributed by atoms with van der Waals surface area (Å²) in [5, 5.41) is 7.01. The number of nitrogens with one attached hydrogen (secondary N) is 1. The first-order valence-corrected chi connectivity index (χ1v) is 9.10. The average molecular weight is 397 g/mol. The number of ether oxygens (including phenoxy) is 3. The third kappa shape index (κ3) is 5.16. The molecule has 9 nitrogen and oxygen atoms in total. The second kappa shape index (κ2) is 9.45. The molecule has 3 rings (SSSR count). The Morgan fingerprint density at radius 2 is 1.93 bits per heavy atom. The SMILES string of the molecule is CCOc1cc(-c2ccc(OCCNC(N)=O)cc2)n(-c2ccc(OC)nc2)n1. The van der Waals surface area contributed by atoms with Crippen molar-refractivity contribution in [1.29, 1.82) is 0 Å². The molecule has 0 fully saturated rings. The molecule has 2 amide bonds. The van der Waals surface area contributed by atoms with Crippen molar-refractivity contribution in [3.8, 4) is 34.5 Å². The summed E-state index contributed by atoms with van der Waals surface area (Å²) >= 11 is 0. The number of methoxy groups -OCH3 is 1. The molecule has 29 heavy (non-hydrogen) atoms. The van der Waals surface area contributed by atoms with Crippen LogP contribution in [0.25, 0.3) is 16.9 Å². The summed E-state index contributed by atoms with van der Waals surface area (Å²) in [6.07, 6.45) is 1.69. The molecule has 0 spiro atoms. The van der Waals surface area contributed by atoms with Crippen LogP contribution in [0.15, 0.2) is 48.7 Å². The average Bonchev–Trinajstić information content (AvgIpc) is 3.16. The Morgan fingerprint density at radius 1 is 1.14 bits per heavy atom. The van der Waals surface area contributed by atoms with Crippen molar-refractivity contribution in [2.75, 3.05) is 26.9 Å². The Bertz CT molecular complexity index is 939. The number of carbonyl (C=O) groups excluding carboxylic acids is 1. The molecule has 1 aromatic carbocycles. The van der Waals surface area contributed by atoms with E-state index in [1.165, 1.54) is 0 Å². The maximum Gasteiger partial charge on any atom is 0.312 e. The first-order chi connectivity index (χ1) is 14.1. The van der Waals surface area contributed by atoms with E-state index in [2.05, 4.69) is 15.4 Å². The highest BCUT2D eigenvalue weighted by Crippen LogP contribution is 2.28. The van der Waals surface area contributed by atoms with Gasteiger partial charge in [-0.05, 0) is 37.3 Å². The van der Waals surface area contributed by atoms with E-state index in [1.807, 2.05) is 43.3 Å². The monoisotopic (exact) mass is 397 g/mol. The lowest BCUT2D eigenvalue weighted by molar-refractivity contribution is 0.244. The number of aromatic nitrogens is 3. The lowest BCUT2D eigenvalue weighted by Gasteiger charge is -2.09. The minimum absolute atomic E-state index is 0.326. The van der Waals surface area contributed by atoms with Gasteiger partial charge in [-0.15, -0.1) is 5.10 Å². The van der Waals surface area contributed by atoms with Crippen molar-refractivity contribution in [3.05, 3.63) is 48.7 Å². The van der Waals surface area contributed by atoms with Crippen molar-refractivity contribution in [2.24, 2.45) is 5.73 Å². The second-order valence-corrected chi connectivity index (χ2v) is 5.94. The number of hydrogen-bond donors (Lipinski definition) is 2. The number of hydrogen-bond acceptors (Lipinski definition) is 6. The van der Waals surface area contributed by atoms with E-state index in [0.717, 1.165) is 16.9 Å². The Hall–Kier alpha value is -3.75. The van der Waals surface area contributed by atoms with Gasteiger partial charge in [0.2, 0.25) is 11.8 Å². The van der Waals surface area contributed by atoms with Crippen LogP contribution in [0.3, 0.4) is 0 Å². The van der Waals surface area contributed by atoms with Crippen molar-refractivity contribution in [1.82, 2.24) is 20.1 Å².